The van der Waals surface area contributed by atoms with Gasteiger partial charge in [-0.1, -0.05) is 26.0 Å². The van der Waals surface area contributed by atoms with Crippen molar-refractivity contribution in [3.8, 4) is 5.75 Å². The van der Waals surface area contributed by atoms with E-state index in [1.165, 1.54) is 29.2 Å². The molecule has 0 spiro atoms. The summed E-state index contributed by atoms with van der Waals surface area (Å²) in [4.78, 5) is 31.7. The van der Waals surface area contributed by atoms with Gasteiger partial charge in [-0.25, -0.2) is 4.39 Å². The predicted molar refractivity (Wildman–Crippen MR) is 130 cm³/mol. The average molecular weight is 475 g/mol. The third-order valence-corrected chi connectivity index (χ3v) is 5.85. The van der Waals surface area contributed by atoms with Crippen molar-refractivity contribution in [1.29, 1.82) is 0 Å². The lowest BCUT2D eigenvalue weighted by atomic mass is 9.94. The van der Waals surface area contributed by atoms with Gasteiger partial charge in [-0.2, -0.15) is 0 Å². The second kappa shape index (κ2) is 10.1. The number of nitrogens with zero attached hydrogens (tertiary/aromatic N) is 2. The third kappa shape index (κ3) is 5.09. The molecule has 2 heterocycles. The van der Waals surface area contributed by atoms with Crippen molar-refractivity contribution in [1.82, 2.24) is 9.88 Å². The van der Waals surface area contributed by atoms with E-state index >= 15 is 0 Å². The Hall–Kier alpha value is -4.00. The number of halogens is 1. The Labute approximate surface area is 203 Å². The number of likely N-dealkylation sites (tertiary alicyclic amines) is 1. The molecule has 1 saturated heterocycles. The summed E-state index contributed by atoms with van der Waals surface area (Å²) in [6.07, 6.45) is 3.20. The number of aliphatic hydroxyl groups is 1. The zero-order valence-corrected chi connectivity index (χ0v) is 19.9. The van der Waals surface area contributed by atoms with Crippen LogP contribution >= 0.6 is 0 Å². The van der Waals surface area contributed by atoms with Gasteiger partial charge < -0.3 is 14.7 Å². The van der Waals surface area contributed by atoms with Gasteiger partial charge in [0.05, 0.1) is 18.2 Å². The predicted octanol–water partition coefficient (Wildman–Crippen LogP) is 5.19. The summed E-state index contributed by atoms with van der Waals surface area (Å²) < 4.78 is 19.5. The number of aryl methyl sites for hydroxylation is 1. The maximum atomic E-state index is 13.7. The van der Waals surface area contributed by atoms with Crippen LogP contribution < -0.4 is 4.74 Å². The first-order chi connectivity index (χ1) is 16.8. The molecule has 1 aromatic heterocycles. The van der Waals surface area contributed by atoms with Gasteiger partial charge in [-0.15, -0.1) is 0 Å². The van der Waals surface area contributed by atoms with Crippen molar-refractivity contribution >= 4 is 17.4 Å². The van der Waals surface area contributed by atoms with Gasteiger partial charge >= 0.3 is 0 Å². The quantitative estimate of drug-likeness (QED) is 0.290. The Morgan fingerprint density at radius 3 is 2.40 bits per heavy atom. The van der Waals surface area contributed by atoms with Crippen molar-refractivity contribution in [2.24, 2.45) is 5.92 Å². The van der Waals surface area contributed by atoms with E-state index in [0.717, 1.165) is 11.1 Å². The van der Waals surface area contributed by atoms with Crippen LogP contribution in [-0.2, 0) is 16.1 Å². The highest BCUT2D eigenvalue weighted by Crippen LogP contribution is 2.40. The Bertz CT molecular complexity index is 1270. The summed E-state index contributed by atoms with van der Waals surface area (Å²) in [7, 11) is 0. The molecule has 35 heavy (non-hydrogen) atoms. The molecule has 0 aliphatic carbocycles. The van der Waals surface area contributed by atoms with Crippen LogP contribution in [0.2, 0.25) is 0 Å². The fourth-order valence-corrected chi connectivity index (χ4v) is 4.09. The number of carbonyl (C=O) groups excluding carboxylic acids is 2. The number of Topliss-reactive ketones (excluding diaryl/α,β-unsaturated/α-hetero) is 1. The van der Waals surface area contributed by atoms with Gasteiger partial charge in [0.1, 0.15) is 17.3 Å². The van der Waals surface area contributed by atoms with Gasteiger partial charge in [0.2, 0.25) is 0 Å². The van der Waals surface area contributed by atoms with Gasteiger partial charge in [0.25, 0.3) is 11.7 Å². The van der Waals surface area contributed by atoms with Crippen molar-refractivity contribution in [2.75, 3.05) is 6.61 Å². The van der Waals surface area contributed by atoms with Crippen LogP contribution in [-0.4, -0.2) is 33.3 Å². The average Bonchev–Trinajstić information content (AvgIpc) is 3.09. The zero-order valence-electron chi connectivity index (χ0n) is 19.9. The summed E-state index contributed by atoms with van der Waals surface area (Å²) in [5, 5.41) is 11.3. The van der Waals surface area contributed by atoms with Crippen LogP contribution in [0.1, 0.15) is 42.1 Å². The zero-order chi connectivity index (χ0) is 25.1. The summed E-state index contributed by atoms with van der Waals surface area (Å²) >= 11 is 0. The maximum Gasteiger partial charge on any atom is 0.295 e. The number of benzene rings is 2. The lowest BCUT2D eigenvalue weighted by molar-refractivity contribution is -0.140. The number of rotatable bonds is 7. The first-order valence-electron chi connectivity index (χ1n) is 11.4. The first kappa shape index (κ1) is 24.1. The Morgan fingerprint density at radius 1 is 1.09 bits per heavy atom. The number of aliphatic hydroxyl groups excluding tert-OH is 1. The summed E-state index contributed by atoms with van der Waals surface area (Å²) in [5.74, 6) is -1.20. The highest BCUT2D eigenvalue weighted by Gasteiger charge is 2.46. The topological polar surface area (TPSA) is 79.7 Å². The van der Waals surface area contributed by atoms with E-state index < -0.39 is 23.5 Å². The fraction of sp³-hybridized carbons (Fsp3) is 0.250. The second-order valence-electron chi connectivity index (χ2n) is 9.02. The van der Waals surface area contributed by atoms with Gasteiger partial charge in [-0.3, -0.25) is 14.6 Å². The highest BCUT2D eigenvalue weighted by atomic mass is 19.1. The van der Waals surface area contributed by atoms with E-state index in [1.807, 2.05) is 6.92 Å². The number of hydrogen-bond acceptors (Lipinski definition) is 5. The third-order valence-electron chi connectivity index (χ3n) is 5.85. The summed E-state index contributed by atoms with van der Waals surface area (Å²) in [6, 6.07) is 13.3. The molecule has 180 valence electrons. The molecule has 1 fully saturated rings. The van der Waals surface area contributed by atoms with E-state index in [2.05, 4.69) is 18.8 Å². The maximum absolute atomic E-state index is 13.7. The SMILES string of the molecule is Cc1cc(/C(O)=C2/C(=O)C(=O)N(Cc3ccncc3)C2c2ccc(F)cc2)ccc1OCC(C)C. The molecular formula is C28H27FN2O4. The number of amides is 1. The van der Waals surface area contributed by atoms with E-state index in [9.17, 15) is 19.1 Å². The smallest absolute Gasteiger partial charge is 0.295 e. The molecular weight excluding hydrogens is 447 g/mol. The molecule has 7 heteroatoms. The minimum Gasteiger partial charge on any atom is -0.507 e. The number of pyridine rings is 1. The molecule has 6 nitrogen and oxygen atoms in total. The molecule has 0 saturated carbocycles. The highest BCUT2D eigenvalue weighted by molar-refractivity contribution is 6.46. The Balaban J connectivity index is 1.78. The van der Waals surface area contributed by atoms with Crippen LogP contribution in [0, 0.1) is 18.7 Å². The standard InChI is InChI=1S/C28H27FN2O4/c1-17(2)16-35-23-9-6-21(14-18(23)3)26(32)24-25(20-4-7-22(29)8-5-20)31(28(34)27(24)33)15-19-10-12-30-13-11-19/h4-14,17,25,32H,15-16H2,1-3H3/b26-24-. The molecule has 1 unspecified atom stereocenters. The molecule has 0 radical (unpaired) electrons. The normalized spacial score (nSPS) is 17.3. The fourth-order valence-electron chi connectivity index (χ4n) is 4.09. The summed E-state index contributed by atoms with van der Waals surface area (Å²) in [6.45, 7) is 6.64. The minimum atomic E-state index is -0.874. The molecule has 1 aliphatic rings. The van der Waals surface area contributed by atoms with Gasteiger partial charge in [-0.05, 0) is 72.0 Å². The molecule has 1 amide bonds. The molecule has 4 rings (SSSR count). The minimum absolute atomic E-state index is 0.0362. The molecule has 1 atom stereocenters. The Kier molecular flexibility index (Phi) is 6.96. The van der Waals surface area contributed by atoms with Crippen LogP contribution in [0.5, 0.6) is 5.75 Å². The molecule has 0 bridgehead atoms. The lowest BCUT2D eigenvalue weighted by Gasteiger charge is -2.25. The Morgan fingerprint density at radius 2 is 1.77 bits per heavy atom. The van der Waals surface area contributed by atoms with Crippen LogP contribution in [0.15, 0.2) is 72.6 Å². The lowest BCUT2D eigenvalue weighted by Crippen LogP contribution is -2.29. The van der Waals surface area contributed by atoms with E-state index in [4.69, 9.17) is 4.74 Å². The van der Waals surface area contributed by atoms with Crippen molar-refractivity contribution in [3.63, 3.8) is 0 Å². The van der Waals surface area contributed by atoms with E-state index in [-0.39, 0.29) is 17.9 Å². The van der Waals surface area contributed by atoms with Gasteiger partial charge in [0, 0.05) is 24.5 Å². The summed E-state index contributed by atoms with van der Waals surface area (Å²) in [5.41, 5.74) is 2.45. The van der Waals surface area contributed by atoms with E-state index in [1.54, 1.807) is 42.7 Å². The second-order valence-corrected chi connectivity index (χ2v) is 9.02. The van der Waals surface area contributed by atoms with Crippen LogP contribution in [0.3, 0.4) is 0 Å². The molecule has 3 aromatic rings. The number of aromatic nitrogens is 1. The number of ketones is 1. The van der Waals surface area contributed by atoms with Crippen LogP contribution in [0.25, 0.3) is 5.76 Å². The number of ether oxygens (including phenoxy) is 1. The number of carbonyl (C=O) groups is 2. The molecule has 1 N–H and O–H groups in total. The monoisotopic (exact) mass is 474 g/mol. The largest absolute Gasteiger partial charge is 0.507 e. The number of hydrogen-bond donors (Lipinski definition) is 1. The first-order valence-corrected chi connectivity index (χ1v) is 11.4. The van der Waals surface area contributed by atoms with Crippen molar-refractivity contribution in [2.45, 2.75) is 33.4 Å². The van der Waals surface area contributed by atoms with Crippen molar-refractivity contribution in [3.05, 3.63) is 101 Å². The van der Waals surface area contributed by atoms with Gasteiger partial charge in [0.15, 0.2) is 0 Å². The van der Waals surface area contributed by atoms with Crippen molar-refractivity contribution < 1.29 is 23.8 Å². The van der Waals surface area contributed by atoms with E-state index in [0.29, 0.717) is 29.4 Å². The molecule has 1 aliphatic heterocycles. The van der Waals surface area contributed by atoms with Crippen LogP contribution in [0.4, 0.5) is 4.39 Å². The molecule has 2 aromatic carbocycles.